The number of morpholine rings is 1. The number of amides is 2. The molecule has 2 amide bonds. The Labute approximate surface area is 293 Å². The number of hydrogen-bond acceptors (Lipinski definition) is 11. The number of halogens is 2. The van der Waals surface area contributed by atoms with Crippen molar-refractivity contribution in [3.63, 3.8) is 0 Å². The maximum Gasteiger partial charge on any atom is 0.410 e. The van der Waals surface area contributed by atoms with Gasteiger partial charge in [0.15, 0.2) is 5.69 Å². The van der Waals surface area contributed by atoms with E-state index in [1.54, 1.807) is 15.9 Å². The molecule has 264 valence electrons. The number of piperazine rings is 1. The monoisotopic (exact) mass is 707 g/mol. The molecule has 0 aliphatic carbocycles. The average molecular weight is 708 g/mol. The largest absolute Gasteiger partial charge is 0.475 e. The summed E-state index contributed by atoms with van der Waals surface area (Å²) in [5.41, 5.74) is 2.09. The molecule has 3 aliphatic rings. The van der Waals surface area contributed by atoms with Crippen LogP contribution < -0.4 is 9.64 Å². The number of aromatic nitrogens is 5. The first kappa shape index (κ1) is 33.9. The Morgan fingerprint density at radius 1 is 0.960 bits per heavy atom. The zero-order chi connectivity index (χ0) is 34.5. The van der Waals surface area contributed by atoms with Crippen LogP contribution in [0.3, 0.4) is 0 Å². The van der Waals surface area contributed by atoms with Gasteiger partial charge in [-0.15, -0.1) is 0 Å². The quantitative estimate of drug-likeness (QED) is 0.187. The van der Waals surface area contributed by atoms with Crippen molar-refractivity contribution in [2.75, 3.05) is 77.1 Å². The van der Waals surface area contributed by atoms with E-state index in [4.69, 9.17) is 25.8 Å². The fraction of sp³-hybridized carbons (Fsp3) is 0.471. The number of carbonyl (C=O) groups excluding carboxylic acids is 2. The van der Waals surface area contributed by atoms with Crippen LogP contribution >= 0.6 is 11.6 Å². The molecule has 0 N–H and O–H groups in total. The fourth-order valence-electron chi connectivity index (χ4n) is 6.43. The summed E-state index contributed by atoms with van der Waals surface area (Å²) in [5, 5.41) is 4.96. The SMILES string of the molecule is O=C(OCc1ccccc1)N1CCN(C(=O)c2cc3n(n2)CCCN(c2nc(Cl)nc4c(F)c(OCCCN5CCOCC5)ncc24)C3)CC1. The van der Waals surface area contributed by atoms with Gasteiger partial charge in [0.1, 0.15) is 17.9 Å². The number of anilines is 1. The number of benzene rings is 1. The number of ether oxygens (including phenoxy) is 3. The maximum absolute atomic E-state index is 15.7. The first-order chi connectivity index (χ1) is 24.4. The molecule has 0 unspecified atom stereocenters. The molecule has 0 bridgehead atoms. The molecule has 4 aromatic rings. The zero-order valence-electron chi connectivity index (χ0n) is 27.7. The van der Waals surface area contributed by atoms with E-state index < -0.39 is 11.9 Å². The van der Waals surface area contributed by atoms with Gasteiger partial charge in [0, 0.05) is 65.1 Å². The standard InChI is InChI=1S/C34H39ClFN9O5/c35-33-38-29-26(21-37-31(28(29)36)49-17-5-8-41-15-18-48-19-16-41)30(39-33)44-9-4-10-45-25(22-44)20-27(40-45)32(46)42-11-13-43(14-12-42)34(47)50-23-24-6-2-1-3-7-24/h1-3,6-7,20-21H,4-5,8-19,22-23H2. The molecule has 6 heterocycles. The minimum Gasteiger partial charge on any atom is -0.475 e. The topological polar surface area (TPSA) is 131 Å². The highest BCUT2D eigenvalue weighted by molar-refractivity contribution is 6.28. The summed E-state index contributed by atoms with van der Waals surface area (Å²) in [5.74, 6) is -0.560. The van der Waals surface area contributed by atoms with Gasteiger partial charge in [-0.2, -0.15) is 14.5 Å². The van der Waals surface area contributed by atoms with Gasteiger partial charge >= 0.3 is 6.09 Å². The van der Waals surface area contributed by atoms with Crippen molar-refractivity contribution < 1.29 is 28.2 Å². The number of nitrogens with zero attached hydrogens (tertiary/aromatic N) is 9. The normalized spacial score (nSPS) is 17.0. The van der Waals surface area contributed by atoms with Gasteiger partial charge in [-0.1, -0.05) is 30.3 Å². The second-order valence-electron chi connectivity index (χ2n) is 12.5. The van der Waals surface area contributed by atoms with Gasteiger partial charge in [-0.25, -0.2) is 14.8 Å². The van der Waals surface area contributed by atoms with Crippen molar-refractivity contribution in [1.82, 2.24) is 39.4 Å². The third-order valence-corrected chi connectivity index (χ3v) is 9.30. The Morgan fingerprint density at radius 2 is 1.74 bits per heavy atom. The Balaban J connectivity index is 0.982. The third kappa shape index (κ3) is 7.74. The summed E-state index contributed by atoms with van der Waals surface area (Å²) in [7, 11) is 0. The van der Waals surface area contributed by atoms with Crippen molar-refractivity contribution in [1.29, 1.82) is 0 Å². The molecule has 0 atom stereocenters. The van der Waals surface area contributed by atoms with Crippen LogP contribution in [0.4, 0.5) is 15.0 Å². The molecule has 3 aromatic heterocycles. The Hall–Kier alpha value is -4.60. The number of hydrogen-bond donors (Lipinski definition) is 0. The first-order valence-electron chi connectivity index (χ1n) is 16.9. The van der Waals surface area contributed by atoms with E-state index in [1.807, 2.05) is 39.9 Å². The van der Waals surface area contributed by atoms with Crippen LogP contribution in [-0.2, 0) is 29.2 Å². The minimum absolute atomic E-state index is 0.0369. The van der Waals surface area contributed by atoms with Crippen molar-refractivity contribution in [2.45, 2.75) is 32.5 Å². The summed E-state index contributed by atoms with van der Waals surface area (Å²) in [6.07, 6.45) is 2.55. The third-order valence-electron chi connectivity index (χ3n) is 9.13. The molecule has 7 rings (SSSR count). The van der Waals surface area contributed by atoms with Crippen LogP contribution in [0.2, 0.25) is 5.28 Å². The van der Waals surface area contributed by atoms with Crippen molar-refractivity contribution in [2.24, 2.45) is 0 Å². The molecule has 16 heteroatoms. The van der Waals surface area contributed by atoms with Crippen LogP contribution in [0.1, 0.15) is 34.6 Å². The molecule has 14 nitrogen and oxygen atoms in total. The molecule has 0 radical (unpaired) electrons. The van der Waals surface area contributed by atoms with E-state index in [-0.39, 0.29) is 29.2 Å². The van der Waals surface area contributed by atoms with E-state index in [0.29, 0.717) is 75.7 Å². The predicted molar refractivity (Wildman–Crippen MR) is 182 cm³/mol. The summed E-state index contributed by atoms with van der Waals surface area (Å²) < 4.78 is 34.1. The molecular weight excluding hydrogens is 669 g/mol. The van der Waals surface area contributed by atoms with E-state index in [1.165, 1.54) is 6.20 Å². The number of rotatable bonds is 9. The van der Waals surface area contributed by atoms with Gasteiger partial charge in [-0.3, -0.25) is 14.4 Å². The fourth-order valence-corrected chi connectivity index (χ4v) is 6.60. The van der Waals surface area contributed by atoms with E-state index in [9.17, 15) is 9.59 Å². The van der Waals surface area contributed by atoms with Crippen LogP contribution in [0.5, 0.6) is 5.88 Å². The smallest absolute Gasteiger partial charge is 0.410 e. The highest BCUT2D eigenvalue weighted by Crippen LogP contribution is 2.32. The summed E-state index contributed by atoms with van der Waals surface area (Å²) in [6, 6.07) is 11.3. The van der Waals surface area contributed by atoms with Crippen molar-refractivity contribution in [3.05, 3.63) is 70.6 Å². The molecule has 0 saturated carbocycles. The lowest BCUT2D eigenvalue weighted by Gasteiger charge is -2.33. The van der Waals surface area contributed by atoms with Gasteiger partial charge in [0.05, 0.1) is 37.4 Å². The van der Waals surface area contributed by atoms with Crippen LogP contribution in [0.15, 0.2) is 42.6 Å². The number of pyridine rings is 1. The van der Waals surface area contributed by atoms with Crippen LogP contribution in [0.25, 0.3) is 10.9 Å². The summed E-state index contributed by atoms with van der Waals surface area (Å²) >= 11 is 6.34. The highest BCUT2D eigenvalue weighted by Gasteiger charge is 2.29. The number of fused-ring (bicyclic) bond motifs is 2. The Bertz CT molecular complexity index is 1820. The van der Waals surface area contributed by atoms with Crippen molar-refractivity contribution >= 4 is 40.3 Å². The Morgan fingerprint density at radius 3 is 2.54 bits per heavy atom. The van der Waals surface area contributed by atoms with Gasteiger partial charge in [0.2, 0.25) is 11.1 Å². The lowest BCUT2D eigenvalue weighted by atomic mass is 10.2. The number of aryl methyl sites for hydroxylation is 1. The van der Waals surface area contributed by atoms with Crippen LogP contribution in [0, 0.1) is 5.82 Å². The average Bonchev–Trinajstić information content (AvgIpc) is 3.44. The lowest BCUT2D eigenvalue weighted by molar-refractivity contribution is 0.0356. The molecule has 1 aromatic carbocycles. The molecule has 2 fully saturated rings. The van der Waals surface area contributed by atoms with Crippen LogP contribution in [-0.4, -0.2) is 124 Å². The molecule has 2 saturated heterocycles. The Kier molecular flexibility index (Phi) is 10.5. The van der Waals surface area contributed by atoms with Gasteiger partial charge in [-0.05, 0) is 36.1 Å². The number of carbonyl (C=O) groups is 2. The van der Waals surface area contributed by atoms with E-state index in [2.05, 4.69) is 25.0 Å². The molecule has 50 heavy (non-hydrogen) atoms. The second kappa shape index (κ2) is 15.5. The first-order valence-corrected chi connectivity index (χ1v) is 17.3. The van der Waals surface area contributed by atoms with E-state index in [0.717, 1.165) is 50.5 Å². The molecule has 0 spiro atoms. The minimum atomic E-state index is -0.684. The van der Waals surface area contributed by atoms with E-state index >= 15 is 4.39 Å². The summed E-state index contributed by atoms with van der Waals surface area (Å²) in [4.78, 5) is 46.6. The van der Waals surface area contributed by atoms with Gasteiger partial charge < -0.3 is 28.9 Å². The molecular formula is C34H39ClFN9O5. The highest BCUT2D eigenvalue weighted by atomic mass is 35.5. The lowest BCUT2D eigenvalue weighted by Crippen LogP contribution is -2.50. The van der Waals surface area contributed by atoms with Crippen molar-refractivity contribution in [3.8, 4) is 5.88 Å². The van der Waals surface area contributed by atoms with Gasteiger partial charge in [0.25, 0.3) is 11.8 Å². The maximum atomic E-state index is 15.7. The molecule has 3 aliphatic heterocycles. The zero-order valence-corrected chi connectivity index (χ0v) is 28.4. The summed E-state index contributed by atoms with van der Waals surface area (Å²) in [6.45, 7) is 7.57. The second-order valence-corrected chi connectivity index (χ2v) is 12.8. The predicted octanol–water partition coefficient (Wildman–Crippen LogP) is 3.62.